The maximum absolute atomic E-state index is 6.09. The molecule has 1 aromatic heterocycles. The summed E-state index contributed by atoms with van der Waals surface area (Å²) in [5.41, 5.74) is 8.35. The highest BCUT2D eigenvalue weighted by molar-refractivity contribution is 5.27. The fraction of sp³-hybridized carbons (Fsp3) is 0.333. The summed E-state index contributed by atoms with van der Waals surface area (Å²) in [6.45, 7) is 4.08. The van der Waals surface area contributed by atoms with Crippen LogP contribution in [0.1, 0.15) is 35.7 Å². The normalized spacial score (nSPS) is 12.7. The predicted molar refractivity (Wildman–Crippen MR) is 63.0 cm³/mol. The molecule has 0 bridgehead atoms. The number of nitrogens with one attached hydrogen (secondary N) is 1. The second kappa shape index (κ2) is 4.45. The van der Waals surface area contributed by atoms with E-state index in [4.69, 9.17) is 5.73 Å². The Morgan fingerprint density at radius 2 is 2.00 bits per heavy atom. The van der Waals surface area contributed by atoms with Crippen molar-refractivity contribution in [3.05, 3.63) is 47.0 Å². The van der Waals surface area contributed by atoms with E-state index in [2.05, 4.69) is 22.1 Å². The van der Waals surface area contributed by atoms with Gasteiger partial charge >= 0.3 is 0 Å². The van der Waals surface area contributed by atoms with Gasteiger partial charge in [0, 0.05) is 6.42 Å². The van der Waals surface area contributed by atoms with Gasteiger partial charge in [0.15, 0.2) is 5.82 Å². The number of benzene rings is 1. The van der Waals surface area contributed by atoms with Crippen molar-refractivity contribution in [2.75, 3.05) is 0 Å². The molecule has 16 heavy (non-hydrogen) atoms. The van der Waals surface area contributed by atoms with E-state index < -0.39 is 0 Å². The van der Waals surface area contributed by atoms with E-state index in [0.29, 0.717) is 5.82 Å². The lowest BCUT2D eigenvalue weighted by Crippen LogP contribution is -2.13. The van der Waals surface area contributed by atoms with E-state index in [1.54, 1.807) is 0 Å². The molecule has 1 heterocycles. The van der Waals surface area contributed by atoms with Crippen LogP contribution in [0.15, 0.2) is 24.3 Å². The number of nitrogens with zero attached hydrogens (tertiary/aromatic N) is 2. The van der Waals surface area contributed by atoms with Gasteiger partial charge in [0.05, 0.1) is 6.04 Å². The van der Waals surface area contributed by atoms with Crippen LogP contribution >= 0.6 is 0 Å². The lowest BCUT2D eigenvalue weighted by molar-refractivity contribution is 0.786. The zero-order chi connectivity index (χ0) is 11.5. The molecule has 0 radical (unpaired) electrons. The van der Waals surface area contributed by atoms with Crippen LogP contribution in [0.5, 0.6) is 0 Å². The molecule has 4 nitrogen and oxygen atoms in total. The van der Waals surface area contributed by atoms with Crippen molar-refractivity contribution in [3.8, 4) is 0 Å². The highest BCUT2D eigenvalue weighted by Crippen LogP contribution is 2.16. The standard InChI is InChI=1S/C12H16N4/c1-3-10-14-12(16-15-10)11(13)9-6-4-8(2)5-7-9/h4-7,11H,3,13H2,1-2H3,(H,14,15,16)/t11-/m0/s1. The zero-order valence-corrected chi connectivity index (χ0v) is 9.57. The van der Waals surface area contributed by atoms with Crippen molar-refractivity contribution in [2.45, 2.75) is 26.3 Å². The number of hydrogen-bond donors (Lipinski definition) is 2. The Hall–Kier alpha value is -1.68. The summed E-state index contributed by atoms with van der Waals surface area (Å²) in [6.07, 6.45) is 0.841. The molecular weight excluding hydrogens is 200 g/mol. The third kappa shape index (κ3) is 2.12. The van der Waals surface area contributed by atoms with Gasteiger partial charge in [0.25, 0.3) is 0 Å². The number of rotatable bonds is 3. The number of H-pyrrole nitrogens is 1. The van der Waals surface area contributed by atoms with E-state index >= 15 is 0 Å². The van der Waals surface area contributed by atoms with Gasteiger partial charge < -0.3 is 5.73 Å². The van der Waals surface area contributed by atoms with Crippen LogP contribution in [0, 0.1) is 6.92 Å². The van der Waals surface area contributed by atoms with Crippen molar-refractivity contribution in [1.29, 1.82) is 0 Å². The predicted octanol–water partition coefficient (Wildman–Crippen LogP) is 1.72. The van der Waals surface area contributed by atoms with Gasteiger partial charge in [-0.25, -0.2) is 4.98 Å². The first-order valence-electron chi connectivity index (χ1n) is 5.44. The molecule has 0 aliphatic heterocycles. The van der Waals surface area contributed by atoms with Gasteiger partial charge in [-0.15, -0.1) is 0 Å². The summed E-state index contributed by atoms with van der Waals surface area (Å²) in [5.74, 6) is 1.53. The van der Waals surface area contributed by atoms with Crippen molar-refractivity contribution in [1.82, 2.24) is 15.2 Å². The van der Waals surface area contributed by atoms with E-state index in [1.807, 2.05) is 31.2 Å². The molecule has 0 saturated heterocycles. The van der Waals surface area contributed by atoms with Crippen LogP contribution in [-0.2, 0) is 6.42 Å². The van der Waals surface area contributed by atoms with E-state index in [1.165, 1.54) is 5.56 Å². The van der Waals surface area contributed by atoms with E-state index in [0.717, 1.165) is 17.8 Å². The van der Waals surface area contributed by atoms with Crippen molar-refractivity contribution < 1.29 is 0 Å². The zero-order valence-electron chi connectivity index (χ0n) is 9.57. The fourth-order valence-corrected chi connectivity index (χ4v) is 1.53. The molecule has 0 spiro atoms. The summed E-state index contributed by atoms with van der Waals surface area (Å²) in [5, 5.41) is 7.00. The highest BCUT2D eigenvalue weighted by Gasteiger charge is 2.13. The highest BCUT2D eigenvalue weighted by atomic mass is 15.2. The fourth-order valence-electron chi connectivity index (χ4n) is 1.53. The van der Waals surface area contributed by atoms with Gasteiger partial charge in [-0.2, -0.15) is 5.10 Å². The second-order valence-electron chi connectivity index (χ2n) is 3.88. The Labute approximate surface area is 94.9 Å². The number of hydrogen-bond acceptors (Lipinski definition) is 3. The summed E-state index contributed by atoms with van der Waals surface area (Å²) >= 11 is 0. The number of aromatic nitrogens is 3. The SMILES string of the molecule is CCc1nc([C@@H](N)c2ccc(C)cc2)n[nH]1. The molecule has 0 fully saturated rings. The van der Waals surface area contributed by atoms with Crippen LogP contribution in [0.4, 0.5) is 0 Å². The summed E-state index contributed by atoms with van der Waals surface area (Å²) in [6, 6.07) is 7.87. The van der Waals surface area contributed by atoms with Gasteiger partial charge in [0.2, 0.25) is 0 Å². The van der Waals surface area contributed by atoms with Gasteiger partial charge in [-0.3, -0.25) is 5.10 Å². The summed E-state index contributed by atoms with van der Waals surface area (Å²) in [4.78, 5) is 4.34. The van der Waals surface area contributed by atoms with Crippen LogP contribution in [0.3, 0.4) is 0 Å². The molecule has 0 amide bonds. The van der Waals surface area contributed by atoms with E-state index in [-0.39, 0.29) is 6.04 Å². The lowest BCUT2D eigenvalue weighted by atomic mass is 10.1. The second-order valence-corrected chi connectivity index (χ2v) is 3.88. The maximum Gasteiger partial charge on any atom is 0.171 e. The largest absolute Gasteiger partial charge is 0.318 e. The smallest absolute Gasteiger partial charge is 0.171 e. The Morgan fingerprint density at radius 1 is 1.31 bits per heavy atom. The van der Waals surface area contributed by atoms with Crippen LogP contribution in [0.25, 0.3) is 0 Å². The molecule has 84 valence electrons. The van der Waals surface area contributed by atoms with Crippen molar-refractivity contribution in [2.24, 2.45) is 5.73 Å². The Kier molecular flexibility index (Phi) is 3.01. The molecule has 2 aromatic rings. The van der Waals surface area contributed by atoms with Crippen molar-refractivity contribution >= 4 is 0 Å². The summed E-state index contributed by atoms with van der Waals surface area (Å²) in [7, 11) is 0. The monoisotopic (exact) mass is 216 g/mol. The Bertz CT molecular complexity index is 458. The first-order chi connectivity index (χ1) is 7.70. The molecule has 0 aliphatic rings. The molecule has 4 heteroatoms. The molecule has 0 unspecified atom stereocenters. The first kappa shape index (κ1) is 10.8. The van der Waals surface area contributed by atoms with Gasteiger partial charge in [0.1, 0.15) is 5.82 Å². The lowest BCUT2D eigenvalue weighted by Gasteiger charge is -2.07. The molecule has 0 aliphatic carbocycles. The topological polar surface area (TPSA) is 67.6 Å². The number of nitrogens with two attached hydrogens (primary N) is 1. The Morgan fingerprint density at radius 3 is 2.56 bits per heavy atom. The Balaban J connectivity index is 2.24. The molecule has 3 N–H and O–H groups in total. The minimum absolute atomic E-state index is 0.253. The molecular formula is C12H16N4. The average Bonchev–Trinajstić information content (AvgIpc) is 2.77. The maximum atomic E-state index is 6.09. The van der Waals surface area contributed by atoms with E-state index in [9.17, 15) is 0 Å². The van der Waals surface area contributed by atoms with Crippen LogP contribution in [-0.4, -0.2) is 15.2 Å². The summed E-state index contributed by atoms with van der Waals surface area (Å²) < 4.78 is 0. The molecule has 1 atom stereocenters. The molecule has 2 rings (SSSR count). The third-order valence-corrected chi connectivity index (χ3v) is 2.60. The minimum Gasteiger partial charge on any atom is -0.318 e. The van der Waals surface area contributed by atoms with Crippen molar-refractivity contribution in [3.63, 3.8) is 0 Å². The average molecular weight is 216 g/mol. The molecule has 0 saturated carbocycles. The van der Waals surface area contributed by atoms with Gasteiger partial charge in [-0.05, 0) is 12.5 Å². The van der Waals surface area contributed by atoms with Crippen LogP contribution < -0.4 is 5.73 Å². The quantitative estimate of drug-likeness (QED) is 0.821. The molecule has 1 aromatic carbocycles. The first-order valence-corrected chi connectivity index (χ1v) is 5.44. The van der Waals surface area contributed by atoms with Crippen LogP contribution in [0.2, 0.25) is 0 Å². The third-order valence-electron chi connectivity index (χ3n) is 2.60. The number of aromatic amines is 1. The number of aryl methyl sites for hydroxylation is 2. The van der Waals surface area contributed by atoms with Gasteiger partial charge in [-0.1, -0.05) is 36.8 Å². The minimum atomic E-state index is -0.253.